The number of benzene rings is 1. The predicted molar refractivity (Wildman–Crippen MR) is 95.3 cm³/mol. The summed E-state index contributed by atoms with van der Waals surface area (Å²) in [5.74, 6) is 1.55. The van der Waals surface area contributed by atoms with Crippen molar-refractivity contribution in [1.29, 1.82) is 0 Å². The van der Waals surface area contributed by atoms with Gasteiger partial charge < -0.3 is 10.2 Å². The lowest BCUT2D eigenvalue weighted by Gasteiger charge is -2.17. The highest BCUT2D eigenvalue weighted by molar-refractivity contribution is 5.95. The summed E-state index contributed by atoms with van der Waals surface area (Å²) in [7, 11) is 0. The maximum Gasteiger partial charge on any atom is 0.251 e. The van der Waals surface area contributed by atoms with Crippen LogP contribution in [0, 0.1) is 20.8 Å². The molecule has 1 aromatic heterocycles. The third-order valence-electron chi connectivity index (χ3n) is 4.36. The van der Waals surface area contributed by atoms with Gasteiger partial charge in [-0.05, 0) is 45.2 Å². The first-order valence-electron chi connectivity index (χ1n) is 8.48. The van der Waals surface area contributed by atoms with Gasteiger partial charge >= 0.3 is 0 Å². The molecule has 2 aromatic rings. The summed E-state index contributed by atoms with van der Waals surface area (Å²) in [4.78, 5) is 23.8. The van der Waals surface area contributed by atoms with E-state index in [0.717, 1.165) is 35.7 Å². The molecule has 3 rings (SSSR count). The molecule has 0 atom stereocenters. The van der Waals surface area contributed by atoms with Gasteiger partial charge in [-0.1, -0.05) is 17.7 Å². The van der Waals surface area contributed by atoms with E-state index in [1.807, 2.05) is 45.0 Å². The molecule has 0 bridgehead atoms. The van der Waals surface area contributed by atoms with E-state index >= 15 is 0 Å². The maximum absolute atomic E-state index is 12.4. The molecule has 1 amide bonds. The van der Waals surface area contributed by atoms with Gasteiger partial charge in [0.25, 0.3) is 5.91 Å². The first kappa shape index (κ1) is 16.4. The zero-order chi connectivity index (χ0) is 17.1. The third-order valence-corrected chi connectivity index (χ3v) is 4.36. The van der Waals surface area contributed by atoms with E-state index in [0.29, 0.717) is 17.9 Å². The van der Waals surface area contributed by atoms with Crippen LogP contribution in [0.25, 0.3) is 0 Å². The third kappa shape index (κ3) is 3.72. The Hall–Kier alpha value is -2.43. The van der Waals surface area contributed by atoms with Gasteiger partial charge in [0, 0.05) is 30.4 Å². The monoisotopic (exact) mass is 324 g/mol. The van der Waals surface area contributed by atoms with Crippen molar-refractivity contribution < 1.29 is 4.79 Å². The Balaban J connectivity index is 1.72. The molecule has 1 aliphatic heterocycles. The second-order valence-electron chi connectivity index (χ2n) is 6.48. The number of hydrogen-bond acceptors (Lipinski definition) is 4. The molecular formula is C19H24N4O. The van der Waals surface area contributed by atoms with E-state index in [-0.39, 0.29) is 5.91 Å². The van der Waals surface area contributed by atoms with Crippen molar-refractivity contribution in [3.05, 3.63) is 52.5 Å². The van der Waals surface area contributed by atoms with Crippen LogP contribution in [-0.4, -0.2) is 29.0 Å². The Morgan fingerprint density at radius 1 is 1.12 bits per heavy atom. The molecule has 0 saturated carbocycles. The molecule has 1 saturated heterocycles. The van der Waals surface area contributed by atoms with Crippen molar-refractivity contribution in [3.63, 3.8) is 0 Å². The predicted octanol–water partition coefficient (Wildman–Crippen LogP) is 2.93. The highest BCUT2D eigenvalue weighted by Crippen LogP contribution is 2.18. The minimum Gasteiger partial charge on any atom is -0.357 e. The van der Waals surface area contributed by atoms with Crippen molar-refractivity contribution in [1.82, 2.24) is 15.3 Å². The molecule has 5 nitrogen and oxygen atoms in total. The highest BCUT2D eigenvalue weighted by atomic mass is 16.1. The number of amides is 1. The molecule has 24 heavy (non-hydrogen) atoms. The van der Waals surface area contributed by atoms with Crippen molar-refractivity contribution in [3.8, 4) is 0 Å². The standard InChI is InChI=1S/C19H24N4O/c1-13-6-7-14(2)16(10-13)19(24)20-12-17-21-15(3)11-18(22-17)23-8-4-5-9-23/h6-7,10-11H,4-5,8-9,12H2,1-3H3,(H,20,24). The molecule has 126 valence electrons. The average Bonchev–Trinajstić information content (AvgIpc) is 3.09. The topological polar surface area (TPSA) is 58.1 Å². The lowest BCUT2D eigenvalue weighted by molar-refractivity contribution is 0.0949. The molecule has 0 spiro atoms. The number of carbonyl (C=O) groups excluding carboxylic acids is 1. The zero-order valence-corrected chi connectivity index (χ0v) is 14.6. The fraction of sp³-hybridized carbons (Fsp3) is 0.421. The second-order valence-corrected chi connectivity index (χ2v) is 6.48. The van der Waals surface area contributed by atoms with Gasteiger partial charge in [-0.2, -0.15) is 0 Å². The number of nitrogens with zero attached hydrogens (tertiary/aromatic N) is 3. The molecule has 1 N–H and O–H groups in total. The van der Waals surface area contributed by atoms with Crippen LogP contribution in [0.1, 0.15) is 45.8 Å². The largest absolute Gasteiger partial charge is 0.357 e. The molecule has 0 aliphatic carbocycles. The van der Waals surface area contributed by atoms with Crippen LogP contribution in [-0.2, 0) is 6.54 Å². The summed E-state index contributed by atoms with van der Waals surface area (Å²) in [6.07, 6.45) is 2.42. The first-order valence-corrected chi connectivity index (χ1v) is 8.48. The fourth-order valence-corrected chi connectivity index (χ4v) is 3.03. The Bertz CT molecular complexity index is 751. The summed E-state index contributed by atoms with van der Waals surface area (Å²) in [5.41, 5.74) is 3.69. The van der Waals surface area contributed by atoms with Crippen LogP contribution in [0.3, 0.4) is 0 Å². The van der Waals surface area contributed by atoms with E-state index < -0.39 is 0 Å². The number of aryl methyl sites for hydroxylation is 3. The normalized spacial score (nSPS) is 14.0. The fourth-order valence-electron chi connectivity index (χ4n) is 3.03. The average molecular weight is 324 g/mol. The van der Waals surface area contributed by atoms with Gasteiger partial charge in [-0.25, -0.2) is 9.97 Å². The summed E-state index contributed by atoms with van der Waals surface area (Å²) in [5, 5.41) is 2.95. The van der Waals surface area contributed by atoms with Gasteiger partial charge in [0.05, 0.1) is 6.54 Å². The summed E-state index contributed by atoms with van der Waals surface area (Å²) < 4.78 is 0. The number of anilines is 1. The SMILES string of the molecule is Cc1ccc(C)c(C(=O)NCc2nc(C)cc(N3CCCC3)n2)c1. The Morgan fingerprint density at radius 2 is 1.88 bits per heavy atom. The van der Waals surface area contributed by atoms with Crippen LogP contribution in [0.5, 0.6) is 0 Å². The number of hydrogen-bond donors (Lipinski definition) is 1. The molecule has 5 heteroatoms. The molecular weight excluding hydrogens is 300 g/mol. The zero-order valence-electron chi connectivity index (χ0n) is 14.6. The Kier molecular flexibility index (Phi) is 4.79. The number of carbonyl (C=O) groups is 1. The summed E-state index contributed by atoms with van der Waals surface area (Å²) in [6, 6.07) is 7.91. The molecule has 1 aromatic carbocycles. The molecule has 0 radical (unpaired) electrons. The van der Waals surface area contributed by atoms with E-state index in [1.165, 1.54) is 12.8 Å². The van der Waals surface area contributed by atoms with E-state index in [2.05, 4.69) is 20.2 Å². The van der Waals surface area contributed by atoms with E-state index in [1.54, 1.807) is 0 Å². The second kappa shape index (κ2) is 6.99. The first-order chi connectivity index (χ1) is 11.5. The number of aromatic nitrogens is 2. The Morgan fingerprint density at radius 3 is 2.62 bits per heavy atom. The quantitative estimate of drug-likeness (QED) is 0.939. The number of rotatable bonds is 4. The van der Waals surface area contributed by atoms with Crippen LogP contribution in [0.2, 0.25) is 0 Å². The van der Waals surface area contributed by atoms with Gasteiger partial charge in [0.1, 0.15) is 11.6 Å². The van der Waals surface area contributed by atoms with E-state index in [9.17, 15) is 4.79 Å². The van der Waals surface area contributed by atoms with Crippen LogP contribution in [0.4, 0.5) is 5.82 Å². The maximum atomic E-state index is 12.4. The number of nitrogens with one attached hydrogen (secondary N) is 1. The van der Waals surface area contributed by atoms with Crippen LogP contribution >= 0.6 is 0 Å². The molecule has 0 unspecified atom stereocenters. The minimum atomic E-state index is -0.0796. The Labute approximate surface area is 143 Å². The van der Waals surface area contributed by atoms with Crippen LogP contribution in [0.15, 0.2) is 24.3 Å². The molecule has 1 fully saturated rings. The van der Waals surface area contributed by atoms with Gasteiger partial charge in [0.15, 0.2) is 0 Å². The van der Waals surface area contributed by atoms with E-state index in [4.69, 9.17) is 0 Å². The van der Waals surface area contributed by atoms with Crippen molar-refractivity contribution >= 4 is 11.7 Å². The lowest BCUT2D eigenvalue weighted by atomic mass is 10.1. The van der Waals surface area contributed by atoms with Crippen molar-refractivity contribution in [2.45, 2.75) is 40.2 Å². The summed E-state index contributed by atoms with van der Waals surface area (Å²) in [6.45, 7) is 8.34. The highest BCUT2D eigenvalue weighted by Gasteiger charge is 2.16. The summed E-state index contributed by atoms with van der Waals surface area (Å²) >= 11 is 0. The van der Waals surface area contributed by atoms with Gasteiger partial charge in [-0.15, -0.1) is 0 Å². The minimum absolute atomic E-state index is 0.0796. The lowest BCUT2D eigenvalue weighted by Crippen LogP contribution is -2.26. The van der Waals surface area contributed by atoms with Gasteiger partial charge in [0.2, 0.25) is 0 Å². The molecule has 2 heterocycles. The van der Waals surface area contributed by atoms with Crippen molar-refractivity contribution in [2.24, 2.45) is 0 Å². The van der Waals surface area contributed by atoms with Crippen LogP contribution < -0.4 is 10.2 Å². The van der Waals surface area contributed by atoms with Gasteiger partial charge in [-0.3, -0.25) is 4.79 Å². The smallest absolute Gasteiger partial charge is 0.251 e. The van der Waals surface area contributed by atoms with Crippen molar-refractivity contribution in [2.75, 3.05) is 18.0 Å². The molecule has 1 aliphatic rings.